The number of halogens is 2. The molecule has 0 spiro atoms. The van der Waals surface area contributed by atoms with Crippen molar-refractivity contribution in [3.05, 3.63) is 29.3 Å². The number of piperazine rings is 1. The normalized spacial score (nSPS) is 16.6. The van der Waals surface area contributed by atoms with Gasteiger partial charge in [-0.3, -0.25) is 0 Å². The van der Waals surface area contributed by atoms with Crippen LogP contribution in [0.1, 0.15) is 5.56 Å². The van der Waals surface area contributed by atoms with Crippen molar-refractivity contribution in [1.29, 1.82) is 0 Å². The molecule has 2 rings (SSSR count). The molecule has 0 radical (unpaired) electrons. The number of hydrogen-bond acceptors (Lipinski definition) is 3. The molecule has 1 fully saturated rings. The van der Waals surface area contributed by atoms with E-state index in [1.165, 1.54) is 12.1 Å². The molecule has 1 aliphatic rings. The van der Waals surface area contributed by atoms with E-state index in [4.69, 9.17) is 5.73 Å². The first-order valence-corrected chi connectivity index (χ1v) is 5.36. The number of anilines is 1. The highest BCUT2D eigenvalue weighted by Crippen LogP contribution is 2.25. The van der Waals surface area contributed by atoms with Crippen molar-refractivity contribution in [3.8, 4) is 0 Å². The number of rotatable bonds is 2. The van der Waals surface area contributed by atoms with Crippen molar-refractivity contribution in [2.75, 3.05) is 31.1 Å². The van der Waals surface area contributed by atoms with Gasteiger partial charge in [0.25, 0.3) is 0 Å². The number of benzene rings is 1. The Balaban J connectivity index is 2.32. The van der Waals surface area contributed by atoms with Gasteiger partial charge in [-0.2, -0.15) is 0 Å². The van der Waals surface area contributed by atoms with E-state index in [9.17, 15) is 8.78 Å². The molecule has 1 saturated heterocycles. The molecule has 3 N–H and O–H groups in total. The van der Waals surface area contributed by atoms with Gasteiger partial charge in [0, 0.05) is 32.7 Å². The Morgan fingerprint density at radius 3 is 2.25 bits per heavy atom. The number of nitrogens with two attached hydrogens (primary N) is 1. The summed E-state index contributed by atoms with van der Waals surface area (Å²) in [5.74, 6) is -1.05. The molecule has 88 valence electrons. The van der Waals surface area contributed by atoms with Crippen LogP contribution in [-0.4, -0.2) is 26.2 Å². The van der Waals surface area contributed by atoms with Crippen LogP contribution < -0.4 is 16.0 Å². The highest BCUT2D eigenvalue weighted by Gasteiger charge is 2.19. The molecule has 0 atom stereocenters. The second kappa shape index (κ2) is 4.76. The van der Waals surface area contributed by atoms with Gasteiger partial charge in [-0.1, -0.05) is 0 Å². The van der Waals surface area contributed by atoms with Crippen LogP contribution in [0.2, 0.25) is 0 Å². The molecular formula is C11H15F2N3. The Kier molecular flexibility index (Phi) is 3.36. The fraction of sp³-hybridized carbons (Fsp3) is 0.455. The summed E-state index contributed by atoms with van der Waals surface area (Å²) < 4.78 is 27.4. The number of nitrogens with zero attached hydrogens (tertiary/aromatic N) is 1. The van der Waals surface area contributed by atoms with Gasteiger partial charge in [0.2, 0.25) is 0 Å². The molecule has 0 amide bonds. The molecule has 0 saturated carbocycles. The zero-order valence-electron chi connectivity index (χ0n) is 8.97. The van der Waals surface area contributed by atoms with Gasteiger partial charge < -0.3 is 16.0 Å². The average Bonchev–Trinajstić information content (AvgIpc) is 2.29. The number of nitrogens with one attached hydrogen (secondary N) is 1. The maximum Gasteiger partial charge on any atom is 0.149 e. The van der Waals surface area contributed by atoms with Crippen LogP contribution in [-0.2, 0) is 6.54 Å². The second-order valence-electron chi connectivity index (χ2n) is 3.85. The van der Waals surface area contributed by atoms with Crippen LogP contribution in [0.3, 0.4) is 0 Å². The molecule has 0 bridgehead atoms. The highest BCUT2D eigenvalue weighted by atomic mass is 19.1. The molecule has 1 heterocycles. The third-order valence-corrected chi connectivity index (χ3v) is 2.75. The lowest BCUT2D eigenvalue weighted by Crippen LogP contribution is -2.44. The van der Waals surface area contributed by atoms with E-state index in [0.717, 1.165) is 13.1 Å². The van der Waals surface area contributed by atoms with Crippen LogP contribution in [0.25, 0.3) is 0 Å². The van der Waals surface area contributed by atoms with Gasteiger partial charge in [-0.05, 0) is 17.7 Å². The number of hydrogen-bond donors (Lipinski definition) is 2. The van der Waals surface area contributed by atoms with Crippen LogP contribution in [0, 0.1) is 11.6 Å². The van der Waals surface area contributed by atoms with Crippen molar-refractivity contribution in [2.24, 2.45) is 5.73 Å². The van der Waals surface area contributed by atoms with Gasteiger partial charge in [-0.15, -0.1) is 0 Å². The predicted molar refractivity (Wildman–Crippen MR) is 59.3 cm³/mol. The lowest BCUT2D eigenvalue weighted by molar-refractivity contribution is 0.536. The standard InChI is InChI=1S/C11H15F2N3/c12-9-5-8(7-14)6-10(13)11(9)16-3-1-15-2-4-16/h5-6,15H,1-4,7,14H2. The summed E-state index contributed by atoms with van der Waals surface area (Å²) in [6.07, 6.45) is 0. The molecule has 1 aromatic rings. The van der Waals surface area contributed by atoms with Crippen molar-refractivity contribution >= 4 is 5.69 Å². The zero-order valence-corrected chi connectivity index (χ0v) is 8.97. The maximum absolute atomic E-state index is 13.7. The first kappa shape index (κ1) is 11.3. The lowest BCUT2D eigenvalue weighted by atomic mass is 10.1. The van der Waals surface area contributed by atoms with Gasteiger partial charge in [0.1, 0.15) is 17.3 Å². The Hall–Kier alpha value is -1.20. The predicted octanol–water partition coefficient (Wildman–Crippen LogP) is 0.833. The minimum absolute atomic E-state index is 0.0682. The smallest absolute Gasteiger partial charge is 0.149 e. The van der Waals surface area contributed by atoms with E-state index < -0.39 is 11.6 Å². The molecular weight excluding hydrogens is 212 g/mol. The lowest BCUT2D eigenvalue weighted by Gasteiger charge is -2.30. The highest BCUT2D eigenvalue weighted by molar-refractivity contribution is 5.51. The SMILES string of the molecule is NCc1cc(F)c(N2CCNCC2)c(F)c1. The molecule has 1 aromatic carbocycles. The third-order valence-electron chi connectivity index (χ3n) is 2.75. The average molecular weight is 227 g/mol. The van der Waals surface area contributed by atoms with E-state index >= 15 is 0 Å². The van der Waals surface area contributed by atoms with Crippen LogP contribution in [0.15, 0.2) is 12.1 Å². The van der Waals surface area contributed by atoms with Crippen LogP contribution in [0.4, 0.5) is 14.5 Å². The van der Waals surface area contributed by atoms with Crippen LogP contribution in [0.5, 0.6) is 0 Å². The molecule has 3 nitrogen and oxygen atoms in total. The fourth-order valence-electron chi connectivity index (χ4n) is 1.93. The second-order valence-corrected chi connectivity index (χ2v) is 3.85. The van der Waals surface area contributed by atoms with Gasteiger partial charge in [0.05, 0.1) is 0 Å². The van der Waals surface area contributed by atoms with E-state index in [2.05, 4.69) is 5.32 Å². The fourth-order valence-corrected chi connectivity index (χ4v) is 1.93. The largest absolute Gasteiger partial charge is 0.364 e. The minimum Gasteiger partial charge on any atom is -0.364 e. The van der Waals surface area contributed by atoms with Crippen molar-refractivity contribution in [2.45, 2.75) is 6.54 Å². The molecule has 1 aliphatic heterocycles. The molecule has 0 aromatic heterocycles. The van der Waals surface area contributed by atoms with Gasteiger partial charge in [0.15, 0.2) is 0 Å². The van der Waals surface area contributed by atoms with Crippen LogP contribution >= 0.6 is 0 Å². The monoisotopic (exact) mass is 227 g/mol. The Morgan fingerprint density at radius 2 is 1.75 bits per heavy atom. The van der Waals surface area contributed by atoms with E-state index in [-0.39, 0.29) is 12.2 Å². The Bertz CT molecular complexity index is 352. The molecule has 0 unspecified atom stereocenters. The third kappa shape index (κ3) is 2.15. The minimum atomic E-state index is -0.526. The molecule has 0 aliphatic carbocycles. The topological polar surface area (TPSA) is 41.3 Å². The van der Waals surface area contributed by atoms with E-state index in [1.54, 1.807) is 4.90 Å². The molecule has 5 heteroatoms. The van der Waals surface area contributed by atoms with E-state index in [0.29, 0.717) is 18.7 Å². The quantitative estimate of drug-likeness (QED) is 0.786. The summed E-state index contributed by atoms with van der Waals surface area (Å²) in [6.45, 7) is 2.89. The summed E-state index contributed by atoms with van der Waals surface area (Å²) in [5, 5.41) is 3.14. The molecule has 16 heavy (non-hydrogen) atoms. The zero-order chi connectivity index (χ0) is 11.5. The first-order valence-electron chi connectivity index (χ1n) is 5.36. The van der Waals surface area contributed by atoms with Crippen molar-refractivity contribution in [3.63, 3.8) is 0 Å². The summed E-state index contributed by atoms with van der Waals surface area (Å²) in [5.41, 5.74) is 5.91. The van der Waals surface area contributed by atoms with Crippen molar-refractivity contribution < 1.29 is 8.78 Å². The maximum atomic E-state index is 13.7. The van der Waals surface area contributed by atoms with Crippen molar-refractivity contribution in [1.82, 2.24) is 5.32 Å². The summed E-state index contributed by atoms with van der Waals surface area (Å²) in [4.78, 5) is 1.72. The Labute approximate surface area is 93.2 Å². The first-order chi connectivity index (χ1) is 7.72. The van der Waals surface area contributed by atoms with Gasteiger partial charge in [-0.25, -0.2) is 8.78 Å². The van der Waals surface area contributed by atoms with Gasteiger partial charge >= 0.3 is 0 Å². The summed E-state index contributed by atoms with van der Waals surface area (Å²) in [6, 6.07) is 2.61. The summed E-state index contributed by atoms with van der Waals surface area (Å²) >= 11 is 0. The Morgan fingerprint density at radius 1 is 1.19 bits per heavy atom. The summed E-state index contributed by atoms with van der Waals surface area (Å²) in [7, 11) is 0. The van der Waals surface area contributed by atoms with E-state index in [1.807, 2.05) is 0 Å².